The quantitative estimate of drug-likeness (QED) is 0.388. The second-order valence-electron chi connectivity index (χ2n) is 7.70. The van der Waals surface area contributed by atoms with Gasteiger partial charge in [-0.1, -0.05) is 0 Å². The number of piperazine rings is 1. The van der Waals surface area contributed by atoms with Crippen LogP contribution in [0.3, 0.4) is 0 Å². The van der Waals surface area contributed by atoms with Crippen molar-refractivity contribution in [2.75, 3.05) is 45.7 Å². The molecule has 1 aromatic carbocycles. The summed E-state index contributed by atoms with van der Waals surface area (Å²) in [5, 5.41) is 11.2. The topological polar surface area (TPSA) is 107 Å². The largest absolute Gasteiger partial charge is 0.364 e. The average molecular weight is 387 g/mol. The van der Waals surface area contributed by atoms with Crippen molar-refractivity contribution in [3.05, 3.63) is 33.9 Å². The lowest BCUT2D eigenvalue weighted by molar-refractivity contribution is -0.384. The molecule has 148 valence electrons. The van der Waals surface area contributed by atoms with Crippen LogP contribution in [0.4, 0.5) is 16.2 Å². The Kier molecular flexibility index (Phi) is 3.93. The second kappa shape index (κ2) is 5.99. The van der Waals surface area contributed by atoms with E-state index in [0.717, 1.165) is 22.0 Å². The molecule has 2 fully saturated rings. The van der Waals surface area contributed by atoms with Gasteiger partial charge in [0.15, 0.2) is 5.41 Å². The van der Waals surface area contributed by atoms with Gasteiger partial charge < -0.3 is 9.80 Å². The molecule has 1 aromatic rings. The number of barbiturate groups is 1. The molecule has 28 heavy (non-hydrogen) atoms. The van der Waals surface area contributed by atoms with Crippen molar-refractivity contribution in [2.45, 2.75) is 12.5 Å². The van der Waals surface area contributed by atoms with Crippen LogP contribution in [0.1, 0.15) is 5.56 Å². The molecule has 3 aliphatic heterocycles. The fourth-order valence-electron chi connectivity index (χ4n) is 4.68. The van der Waals surface area contributed by atoms with Gasteiger partial charge in [-0.15, -0.1) is 0 Å². The number of urea groups is 1. The number of carbonyl (C=O) groups excluding carboxylic acids is 3. The van der Waals surface area contributed by atoms with E-state index in [4.69, 9.17) is 0 Å². The Morgan fingerprint density at radius 3 is 2.32 bits per heavy atom. The van der Waals surface area contributed by atoms with Crippen molar-refractivity contribution in [3.63, 3.8) is 0 Å². The molecule has 1 atom stereocenters. The van der Waals surface area contributed by atoms with Gasteiger partial charge in [-0.2, -0.15) is 0 Å². The molecule has 1 unspecified atom stereocenters. The van der Waals surface area contributed by atoms with Gasteiger partial charge in [-0.25, -0.2) is 4.79 Å². The number of nitro groups is 1. The summed E-state index contributed by atoms with van der Waals surface area (Å²) in [7, 11) is 4.66. The highest BCUT2D eigenvalue weighted by atomic mass is 16.6. The lowest BCUT2D eigenvalue weighted by Crippen LogP contribution is -2.74. The summed E-state index contributed by atoms with van der Waals surface area (Å²) in [6, 6.07) is 3.44. The Balaban J connectivity index is 1.92. The van der Waals surface area contributed by atoms with Crippen LogP contribution in [0, 0.1) is 15.5 Å². The first-order valence-corrected chi connectivity index (χ1v) is 9.01. The van der Waals surface area contributed by atoms with Gasteiger partial charge >= 0.3 is 6.03 Å². The molecule has 0 saturated carbocycles. The highest BCUT2D eigenvalue weighted by molar-refractivity contribution is 6.20. The van der Waals surface area contributed by atoms with Crippen LogP contribution in [0.5, 0.6) is 0 Å². The van der Waals surface area contributed by atoms with E-state index in [1.807, 2.05) is 11.9 Å². The van der Waals surface area contributed by atoms with Crippen molar-refractivity contribution in [1.82, 2.24) is 14.7 Å². The minimum atomic E-state index is -1.49. The summed E-state index contributed by atoms with van der Waals surface area (Å²) in [4.78, 5) is 55.7. The van der Waals surface area contributed by atoms with Gasteiger partial charge in [-0.3, -0.25) is 29.5 Å². The Hall–Kier alpha value is -3.01. The van der Waals surface area contributed by atoms with Crippen LogP contribution in [-0.2, 0) is 16.0 Å². The Morgan fingerprint density at radius 2 is 1.71 bits per heavy atom. The first-order valence-electron chi connectivity index (χ1n) is 9.01. The standard InChI is InChI=1S/C18H21N5O5/c1-19-6-7-22-13-5-4-12(23(27)28)8-11(13)9-18(14(22)10-19)15(24)20(2)17(26)21(3)16(18)25/h4-5,8,14H,6-7,9-10H2,1-3H3. The highest BCUT2D eigenvalue weighted by Crippen LogP contribution is 2.47. The number of anilines is 1. The minimum absolute atomic E-state index is 0.0264. The normalized spacial score (nSPS) is 24.5. The maximum absolute atomic E-state index is 13.3. The molecule has 3 aliphatic rings. The van der Waals surface area contributed by atoms with Crippen molar-refractivity contribution in [2.24, 2.45) is 5.41 Å². The zero-order valence-electron chi connectivity index (χ0n) is 15.9. The van der Waals surface area contributed by atoms with E-state index >= 15 is 0 Å². The van der Waals surface area contributed by atoms with Gasteiger partial charge in [0.05, 0.1) is 11.0 Å². The zero-order valence-corrected chi connectivity index (χ0v) is 15.9. The molecular weight excluding hydrogens is 366 g/mol. The first kappa shape index (κ1) is 18.4. The predicted molar refractivity (Wildman–Crippen MR) is 98.8 cm³/mol. The molecule has 0 aromatic heterocycles. The third kappa shape index (κ3) is 2.27. The van der Waals surface area contributed by atoms with E-state index in [1.165, 1.54) is 26.2 Å². The molecule has 0 aliphatic carbocycles. The lowest BCUT2D eigenvalue weighted by atomic mass is 9.67. The summed E-state index contributed by atoms with van der Waals surface area (Å²) in [6.45, 7) is 1.79. The summed E-state index contributed by atoms with van der Waals surface area (Å²) in [6.07, 6.45) is 0.0264. The molecule has 10 heteroatoms. The third-order valence-corrected chi connectivity index (χ3v) is 6.15. The number of nitrogens with zero attached hydrogens (tertiary/aromatic N) is 5. The van der Waals surface area contributed by atoms with E-state index in [2.05, 4.69) is 4.90 Å². The summed E-state index contributed by atoms with van der Waals surface area (Å²) < 4.78 is 0. The minimum Gasteiger partial charge on any atom is -0.364 e. The number of hydrogen-bond donors (Lipinski definition) is 0. The second-order valence-corrected chi connectivity index (χ2v) is 7.70. The van der Waals surface area contributed by atoms with Crippen molar-refractivity contribution < 1.29 is 19.3 Å². The SMILES string of the molecule is CN1CCN2c3ccc([N+](=O)[O-])cc3CC3(C(=O)N(C)C(=O)N(C)C3=O)C2C1. The Morgan fingerprint density at radius 1 is 1.07 bits per heavy atom. The number of non-ortho nitro benzene ring substituents is 1. The van der Waals surface area contributed by atoms with Crippen molar-refractivity contribution in [1.29, 1.82) is 0 Å². The molecule has 2 saturated heterocycles. The van der Waals surface area contributed by atoms with E-state index in [0.29, 0.717) is 18.7 Å². The number of amides is 4. The van der Waals surface area contributed by atoms with Gasteiger partial charge in [0.25, 0.3) is 5.69 Å². The molecule has 0 N–H and O–H groups in total. The van der Waals surface area contributed by atoms with Gasteiger partial charge in [0, 0.05) is 58.0 Å². The van der Waals surface area contributed by atoms with Gasteiger partial charge in [0.1, 0.15) is 0 Å². The number of imide groups is 2. The van der Waals surface area contributed by atoms with Gasteiger partial charge in [-0.05, 0) is 18.7 Å². The van der Waals surface area contributed by atoms with E-state index in [-0.39, 0.29) is 12.1 Å². The summed E-state index contributed by atoms with van der Waals surface area (Å²) >= 11 is 0. The monoisotopic (exact) mass is 387 g/mol. The number of fused-ring (bicyclic) bond motifs is 4. The van der Waals surface area contributed by atoms with Crippen molar-refractivity contribution in [3.8, 4) is 0 Å². The van der Waals surface area contributed by atoms with Gasteiger partial charge in [0.2, 0.25) is 11.8 Å². The lowest BCUT2D eigenvalue weighted by Gasteiger charge is -2.55. The van der Waals surface area contributed by atoms with Crippen LogP contribution in [0.25, 0.3) is 0 Å². The molecular formula is C18H21N5O5. The number of benzene rings is 1. The molecule has 0 radical (unpaired) electrons. The average Bonchev–Trinajstić information content (AvgIpc) is 2.68. The number of likely N-dealkylation sites (N-methyl/N-ethyl adjacent to an activating group) is 1. The molecule has 1 spiro atoms. The van der Waals surface area contributed by atoms with E-state index in [9.17, 15) is 24.5 Å². The van der Waals surface area contributed by atoms with E-state index in [1.54, 1.807) is 6.07 Å². The number of rotatable bonds is 1. The first-order chi connectivity index (χ1) is 13.2. The van der Waals surface area contributed by atoms with Crippen LogP contribution < -0.4 is 4.90 Å². The van der Waals surface area contributed by atoms with Crippen LogP contribution in [0.15, 0.2) is 18.2 Å². The van der Waals surface area contributed by atoms with Crippen molar-refractivity contribution >= 4 is 29.2 Å². The number of carbonyl (C=O) groups is 3. The number of nitro benzene ring substituents is 1. The molecule has 4 amide bonds. The van der Waals surface area contributed by atoms with Crippen LogP contribution in [-0.4, -0.2) is 84.3 Å². The smallest absolute Gasteiger partial charge is 0.332 e. The maximum atomic E-state index is 13.3. The molecule has 4 rings (SSSR count). The van der Waals surface area contributed by atoms with E-state index < -0.39 is 34.2 Å². The third-order valence-electron chi connectivity index (χ3n) is 6.15. The van der Waals surface area contributed by atoms with Crippen LogP contribution >= 0.6 is 0 Å². The fraction of sp³-hybridized carbons (Fsp3) is 0.500. The molecule has 10 nitrogen and oxygen atoms in total. The Bertz CT molecular complexity index is 892. The summed E-state index contributed by atoms with van der Waals surface area (Å²) in [5.74, 6) is -1.11. The predicted octanol–water partition coefficient (Wildman–Crippen LogP) is 0.308. The Labute approximate surface area is 161 Å². The zero-order chi connectivity index (χ0) is 20.4. The number of hydrogen-bond acceptors (Lipinski definition) is 7. The fourth-order valence-corrected chi connectivity index (χ4v) is 4.68. The highest BCUT2D eigenvalue weighted by Gasteiger charge is 2.63. The van der Waals surface area contributed by atoms with Crippen LogP contribution in [0.2, 0.25) is 0 Å². The maximum Gasteiger partial charge on any atom is 0.332 e. The summed E-state index contributed by atoms with van der Waals surface area (Å²) in [5.41, 5.74) is -0.200. The molecule has 3 heterocycles. The molecule has 0 bridgehead atoms.